The van der Waals surface area contributed by atoms with Crippen LogP contribution in [0.3, 0.4) is 0 Å². The Hall–Kier alpha value is -1.48. The Labute approximate surface area is 106 Å². The Kier molecular flexibility index (Phi) is 4.04. The van der Waals surface area contributed by atoms with Gasteiger partial charge in [-0.25, -0.2) is 0 Å². The van der Waals surface area contributed by atoms with E-state index in [1.54, 1.807) is 11.3 Å². The minimum Gasteiger partial charge on any atom is -0.485 e. The van der Waals surface area contributed by atoms with Crippen LogP contribution in [0, 0.1) is 0 Å². The molecule has 1 aromatic rings. The zero-order chi connectivity index (χ0) is 12.1. The first-order valence-corrected chi connectivity index (χ1v) is 6.53. The van der Waals surface area contributed by atoms with Crippen LogP contribution in [0.15, 0.2) is 24.3 Å². The predicted molar refractivity (Wildman–Crippen MR) is 73.9 cm³/mol. The van der Waals surface area contributed by atoms with Gasteiger partial charge < -0.3 is 9.47 Å². The Morgan fingerprint density at radius 3 is 2.12 bits per heavy atom. The van der Waals surface area contributed by atoms with E-state index in [2.05, 4.69) is 12.2 Å². The van der Waals surface area contributed by atoms with E-state index in [1.165, 1.54) is 0 Å². The fourth-order valence-electron chi connectivity index (χ4n) is 1.62. The van der Waals surface area contributed by atoms with Gasteiger partial charge in [-0.1, -0.05) is 24.3 Å². The highest BCUT2D eigenvalue weighted by Crippen LogP contribution is 2.45. The first-order valence-electron chi connectivity index (χ1n) is 5.71. The summed E-state index contributed by atoms with van der Waals surface area (Å²) in [6.45, 7) is 5.26. The lowest BCUT2D eigenvalue weighted by Gasteiger charge is -2.16. The van der Waals surface area contributed by atoms with E-state index >= 15 is 0 Å². The monoisotopic (exact) mass is 248 g/mol. The molecule has 0 spiro atoms. The van der Waals surface area contributed by atoms with Crippen molar-refractivity contribution >= 4 is 23.5 Å². The van der Waals surface area contributed by atoms with E-state index in [9.17, 15) is 0 Å². The summed E-state index contributed by atoms with van der Waals surface area (Å²) in [5, 5.41) is 0. The number of hydrogen-bond donors (Lipinski definition) is 0. The molecule has 90 valence electrons. The van der Waals surface area contributed by atoms with Crippen molar-refractivity contribution < 1.29 is 9.47 Å². The molecule has 0 aromatic carbocycles. The highest BCUT2D eigenvalue weighted by Gasteiger charge is 2.21. The minimum atomic E-state index is 0.628. The molecule has 0 saturated carbocycles. The lowest BCUT2D eigenvalue weighted by molar-refractivity contribution is 0.173. The normalized spacial score (nSPS) is 15.4. The van der Waals surface area contributed by atoms with Gasteiger partial charge in [0.2, 0.25) is 0 Å². The standard InChI is InChI=1S/C14H16O2S/c1-3-5-6-8-12-14-13(15-9-10-16-14)11(17-12)7-4-2/h3-8H,9-10H2,1-2H3/b5-3+,7-4+,8-6+. The molecule has 0 radical (unpaired) electrons. The van der Waals surface area contributed by atoms with E-state index in [1.807, 2.05) is 38.2 Å². The first kappa shape index (κ1) is 12.0. The van der Waals surface area contributed by atoms with E-state index in [0.717, 1.165) is 21.3 Å². The summed E-state index contributed by atoms with van der Waals surface area (Å²) in [6.07, 6.45) is 12.2. The SMILES string of the molecule is C/C=C/C=C/c1sc(/C=C/C)c2c1OCCO2. The molecule has 0 bridgehead atoms. The van der Waals surface area contributed by atoms with Crippen LogP contribution in [0.25, 0.3) is 12.2 Å². The molecular formula is C14H16O2S. The second-order valence-corrected chi connectivity index (χ2v) is 4.65. The van der Waals surface area contributed by atoms with Crippen molar-refractivity contribution in [3.63, 3.8) is 0 Å². The van der Waals surface area contributed by atoms with E-state index in [0.29, 0.717) is 13.2 Å². The molecule has 17 heavy (non-hydrogen) atoms. The predicted octanol–water partition coefficient (Wildman–Crippen LogP) is 4.14. The third-order valence-corrected chi connectivity index (χ3v) is 3.40. The highest BCUT2D eigenvalue weighted by molar-refractivity contribution is 7.14. The van der Waals surface area contributed by atoms with Crippen LogP contribution < -0.4 is 9.47 Å². The Balaban J connectivity index is 2.38. The van der Waals surface area contributed by atoms with Crippen LogP contribution in [0.2, 0.25) is 0 Å². The lowest BCUT2D eigenvalue weighted by atomic mass is 10.3. The number of hydrogen-bond acceptors (Lipinski definition) is 3. The van der Waals surface area contributed by atoms with Crippen LogP contribution in [0.1, 0.15) is 23.6 Å². The molecule has 0 unspecified atom stereocenters. The molecule has 2 nitrogen and oxygen atoms in total. The number of fused-ring (bicyclic) bond motifs is 1. The summed E-state index contributed by atoms with van der Waals surface area (Å²) in [5.74, 6) is 1.77. The van der Waals surface area contributed by atoms with Gasteiger partial charge in [-0.3, -0.25) is 0 Å². The topological polar surface area (TPSA) is 18.5 Å². The molecule has 0 N–H and O–H groups in total. The Morgan fingerprint density at radius 1 is 0.882 bits per heavy atom. The van der Waals surface area contributed by atoms with Gasteiger partial charge in [0.05, 0.1) is 9.75 Å². The Bertz CT molecular complexity index is 467. The van der Waals surface area contributed by atoms with Gasteiger partial charge in [0.1, 0.15) is 13.2 Å². The quantitative estimate of drug-likeness (QED) is 0.748. The number of rotatable bonds is 3. The molecule has 0 saturated heterocycles. The van der Waals surface area contributed by atoms with Crippen molar-refractivity contribution in [3.05, 3.63) is 34.1 Å². The maximum atomic E-state index is 5.69. The van der Waals surface area contributed by atoms with Crippen LogP contribution in [0.5, 0.6) is 11.5 Å². The molecule has 1 aromatic heterocycles. The largest absolute Gasteiger partial charge is 0.485 e. The maximum Gasteiger partial charge on any atom is 0.180 e. The number of thiophene rings is 1. The van der Waals surface area contributed by atoms with Crippen molar-refractivity contribution in [2.24, 2.45) is 0 Å². The van der Waals surface area contributed by atoms with Crippen LogP contribution >= 0.6 is 11.3 Å². The van der Waals surface area contributed by atoms with E-state index in [4.69, 9.17) is 9.47 Å². The van der Waals surface area contributed by atoms with Gasteiger partial charge in [-0.15, -0.1) is 11.3 Å². The molecule has 2 rings (SSSR count). The second kappa shape index (κ2) is 5.73. The zero-order valence-electron chi connectivity index (χ0n) is 10.1. The molecular weight excluding hydrogens is 232 g/mol. The maximum absolute atomic E-state index is 5.69. The fourth-order valence-corrected chi connectivity index (χ4v) is 2.70. The van der Waals surface area contributed by atoms with Crippen LogP contribution in [0.4, 0.5) is 0 Å². The van der Waals surface area contributed by atoms with Crippen LogP contribution in [-0.2, 0) is 0 Å². The summed E-state index contributed by atoms with van der Waals surface area (Å²) in [4.78, 5) is 2.24. The third-order valence-electron chi connectivity index (χ3n) is 2.32. The summed E-state index contributed by atoms with van der Waals surface area (Å²) in [5.41, 5.74) is 0. The first-order chi connectivity index (χ1) is 8.36. The van der Waals surface area contributed by atoms with Gasteiger partial charge in [0.15, 0.2) is 11.5 Å². The lowest BCUT2D eigenvalue weighted by Crippen LogP contribution is -2.14. The minimum absolute atomic E-state index is 0.628. The molecule has 0 amide bonds. The van der Waals surface area contributed by atoms with Gasteiger partial charge in [0, 0.05) is 0 Å². The van der Waals surface area contributed by atoms with E-state index in [-0.39, 0.29) is 0 Å². The molecule has 0 fully saturated rings. The number of ether oxygens (including phenoxy) is 2. The van der Waals surface area contributed by atoms with Crippen molar-refractivity contribution in [1.82, 2.24) is 0 Å². The fraction of sp³-hybridized carbons (Fsp3) is 0.286. The highest BCUT2D eigenvalue weighted by atomic mass is 32.1. The van der Waals surface area contributed by atoms with Gasteiger partial charge in [-0.2, -0.15) is 0 Å². The number of allylic oxidation sites excluding steroid dienone is 4. The second-order valence-electron chi connectivity index (χ2n) is 3.57. The van der Waals surface area contributed by atoms with Crippen molar-refractivity contribution in [2.75, 3.05) is 13.2 Å². The average molecular weight is 248 g/mol. The molecule has 1 aliphatic rings. The van der Waals surface area contributed by atoms with Crippen molar-refractivity contribution in [1.29, 1.82) is 0 Å². The molecule has 0 aliphatic carbocycles. The Morgan fingerprint density at radius 2 is 1.53 bits per heavy atom. The zero-order valence-corrected chi connectivity index (χ0v) is 10.9. The van der Waals surface area contributed by atoms with Crippen molar-refractivity contribution in [3.8, 4) is 11.5 Å². The molecule has 0 atom stereocenters. The molecule has 3 heteroatoms. The molecule has 1 aliphatic heterocycles. The average Bonchev–Trinajstić information content (AvgIpc) is 2.70. The summed E-state index contributed by atoms with van der Waals surface area (Å²) >= 11 is 1.69. The summed E-state index contributed by atoms with van der Waals surface area (Å²) in [7, 11) is 0. The molecule has 2 heterocycles. The summed E-state index contributed by atoms with van der Waals surface area (Å²) in [6, 6.07) is 0. The van der Waals surface area contributed by atoms with Crippen LogP contribution in [-0.4, -0.2) is 13.2 Å². The third kappa shape index (κ3) is 2.61. The van der Waals surface area contributed by atoms with E-state index < -0.39 is 0 Å². The van der Waals surface area contributed by atoms with Crippen molar-refractivity contribution in [2.45, 2.75) is 13.8 Å². The van der Waals surface area contributed by atoms with Gasteiger partial charge in [0.25, 0.3) is 0 Å². The summed E-state index contributed by atoms with van der Waals surface area (Å²) < 4.78 is 11.4. The van der Waals surface area contributed by atoms with Gasteiger partial charge in [-0.05, 0) is 26.0 Å². The van der Waals surface area contributed by atoms with Gasteiger partial charge >= 0.3 is 0 Å². The smallest absolute Gasteiger partial charge is 0.180 e.